The molecule has 4 aliphatic carbocycles. The third-order valence-corrected chi connectivity index (χ3v) is 9.61. The quantitative estimate of drug-likeness (QED) is 0.663. The molecule has 1 unspecified atom stereocenters. The maximum atomic E-state index is 13.8. The van der Waals surface area contributed by atoms with Gasteiger partial charge in [-0.25, -0.2) is 9.78 Å². The largest absolute Gasteiger partial charge is 0.458 e. The summed E-state index contributed by atoms with van der Waals surface area (Å²) in [7, 11) is 0. The molecule has 0 spiro atoms. The van der Waals surface area contributed by atoms with Gasteiger partial charge in [0.05, 0.1) is 17.2 Å². The van der Waals surface area contributed by atoms with Crippen LogP contribution in [0.4, 0.5) is 0 Å². The fourth-order valence-corrected chi connectivity index (χ4v) is 8.59. The first-order chi connectivity index (χ1) is 15.5. The lowest BCUT2D eigenvalue weighted by Gasteiger charge is -2.56. The van der Waals surface area contributed by atoms with Crippen LogP contribution < -0.4 is 0 Å². The molecule has 0 radical (unpaired) electrons. The molecule has 2 atom stereocenters. The zero-order chi connectivity index (χ0) is 21.9. The fraction of sp³-hybridized carbons (Fsp3) is 0.625. The number of thiophene rings is 1. The second kappa shape index (κ2) is 7.92. The number of aliphatic hydroxyl groups excluding tert-OH is 1. The molecule has 170 valence electrons. The second-order valence-corrected chi connectivity index (χ2v) is 12.0. The number of esters is 1. The molecule has 2 aromatic rings. The first kappa shape index (κ1) is 20.8. The lowest BCUT2D eigenvalue weighted by atomic mass is 9.49. The van der Waals surface area contributed by atoms with E-state index in [-0.39, 0.29) is 30.9 Å². The average molecular weight is 473 g/mol. The summed E-state index contributed by atoms with van der Waals surface area (Å²) in [5, 5.41) is 17.2. The highest BCUT2D eigenvalue weighted by atomic mass is 32.1. The molecule has 4 bridgehead atoms. The van der Waals surface area contributed by atoms with Gasteiger partial charge in [-0.05, 0) is 67.7 Å². The molecule has 4 saturated carbocycles. The summed E-state index contributed by atoms with van der Waals surface area (Å²) in [5.41, 5.74) is 1.47. The molecular weight excluding hydrogens is 444 g/mol. The third-order valence-electron chi connectivity index (χ3n) is 7.99. The van der Waals surface area contributed by atoms with Crippen molar-refractivity contribution in [3.8, 4) is 10.6 Å². The van der Waals surface area contributed by atoms with Crippen molar-refractivity contribution in [3.63, 3.8) is 0 Å². The van der Waals surface area contributed by atoms with Gasteiger partial charge in [-0.3, -0.25) is 4.79 Å². The smallest absolute Gasteiger partial charge is 0.329 e. The predicted molar refractivity (Wildman–Crippen MR) is 122 cm³/mol. The Bertz CT molecular complexity index is 982. The van der Waals surface area contributed by atoms with E-state index < -0.39 is 18.1 Å². The van der Waals surface area contributed by atoms with E-state index in [9.17, 15) is 14.7 Å². The van der Waals surface area contributed by atoms with E-state index in [1.165, 1.54) is 30.6 Å². The van der Waals surface area contributed by atoms with Crippen molar-refractivity contribution in [1.29, 1.82) is 0 Å². The summed E-state index contributed by atoms with van der Waals surface area (Å²) in [6, 6.07) is 1.33. The maximum Gasteiger partial charge on any atom is 0.329 e. The minimum Gasteiger partial charge on any atom is -0.458 e. The van der Waals surface area contributed by atoms with E-state index in [1.54, 1.807) is 16.2 Å². The molecule has 2 aromatic heterocycles. The van der Waals surface area contributed by atoms with Gasteiger partial charge in [0.15, 0.2) is 0 Å². The number of ether oxygens (including phenoxy) is 1. The second-order valence-electron chi connectivity index (χ2n) is 10.3. The highest BCUT2D eigenvalue weighted by molar-refractivity contribution is 7.14. The minimum atomic E-state index is -0.694. The number of hydrogen-bond acceptors (Lipinski definition) is 7. The number of carbonyl (C=O) groups excluding carboxylic acids is 2. The van der Waals surface area contributed by atoms with E-state index in [0.717, 1.165) is 29.8 Å². The van der Waals surface area contributed by atoms with Gasteiger partial charge in [0.1, 0.15) is 17.7 Å². The molecule has 32 heavy (non-hydrogen) atoms. The molecule has 5 fully saturated rings. The van der Waals surface area contributed by atoms with Crippen LogP contribution in [0.1, 0.15) is 50.6 Å². The van der Waals surface area contributed by atoms with Crippen LogP contribution in [0.5, 0.6) is 0 Å². The Kier molecular flexibility index (Phi) is 5.15. The van der Waals surface area contributed by atoms with E-state index in [1.807, 2.05) is 22.2 Å². The van der Waals surface area contributed by atoms with Crippen LogP contribution in [0.2, 0.25) is 0 Å². The monoisotopic (exact) mass is 472 g/mol. The number of β-amino-alcohol motifs (C(OH)–C–C–N with tert-alkyl or cyclic N) is 1. The number of thiazole rings is 1. The fourth-order valence-electron chi connectivity index (χ4n) is 7.07. The Morgan fingerprint density at radius 2 is 1.84 bits per heavy atom. The molecule has 1 N–H and O–H groups in total. The number of aromatic nitrogens is 1. The molecule has 3 heterocycles. The SMILES string of the molecule is O=C(OCc1csc(-c2ccsc2)n1)[C@@H]1CC(O)CN1C(=O)C12CC3CC(CC(C3)C1)C2. The molecule has 5 aliphatic rings. The Balaban J connectivity index is 1.14. The highest BCUT2D eigenvalue weighted by Gasteiger charge is 2.57. The summed E-state index contributed by atoms with van der Waals surface area (Å²) in [4.78, 5) is 33.0. The number of amides is 1. The van der Waals surface area contributed by atoms with Crippen LogP contribution in [0.3, 0.4) is 0 Å². The van der Waals surface area contributed by atoms with Crippen LogP contribution in [0, 0.1) is 23.2 Å². The molecule has 1 saturated heterocycles. The van der Waals surface area contributed by atoms with Crippen LogP contribution in [0.15, 0.2) is 22.2 Å². The molecule has 1 aliphatic heterocycles. The summed E-state index contributed by atoms with van der Waals surface area (Å²) in [6.45, 7) is 0.324. The molecule has 6 nitrogen and oxygen atoms in total. The first-order valence-electron chi connectivity index (χ1n) is 11.6. The summed E-state index contributed by atoms with van der Waals surface area (Å²) >= 11 is 3.15. The van der Waals surface area contributed by atoms with Gasteiger partial charge in [0, 0.05) is 29.3 Å². The molecule has 7 rings (SSSR count). The van der Waals surface area contributed by atoms with Gasteiger partial charge in [-0.1, -0.05) is 0 Å². The van der Waals surface area contributed by atoms with Crippen LogP contribution in [-0.4, -0.2) is 45.6 Å². The highest BCUT2D eigenvalue weighted by Crippen LogP contribution is 2.60. The van der Waals surface area contributed by atoms with Gasteiger partial charge in [0.2, 0.25) is 5.91 Å². The number of carbonyl (C=O) groups is 2. The summed E-state index contributed by atoms with van der Waals surface area (Å²) in [5.74, 6) is 1.63. The first-order valence-corrected chi connectivity index (χ1v) is 13.4. The Morgan fingerprint density at radius 1 is 1.12 bits per heavy atom. The van der Waals surface area contributed by atoms with Crippen LogP contribution in [0.25, 0.3) is 10.6 Å². The van der Waals surface area contributed by atoms with E-state index >= 15 is 0 Å². The van der Waals surface area contributed by atoms with Crippen molar-refractivity contribution in [2.24, 2.45) is 23.2 Å². The Hall–Kier alpha value is -1.77. The Labute approximate surface area is 195 Å². The standard InChI is InChI=1S/C24H28N2O4S2/c27-19-6-20(22(28)30-11-18-13-32-21(25-18)17-1-2-31-12-17)26(10-19)23(29)24-7-14-3-15(8-24)5-16(4-14)9-24/h1-2,12-16,19-20,27H,3-11H2/t14?,15?,16?,19?,20-,24?/m0/s1. The van der Waals surface area contributed by atoms with Gasteiger partial charge in [-0.15, -0.1) is 11.3 Å². The number of rotatable bonds is 5. The van der Waals surface area contributed by atoms with Gasteiger partial charge in [-0.2, -0.15) is 11.3 Å². The number of aliphatic hydroxyl groups is 1. The number of hydrogen-bond donors (Lipinski definition) is 1. The molecule has 0 aromatic carbocycles. The topological polar surface area (TPSA) is 79.7 Å². The average Bonchev–Trinajstić information content (AvgIpc) is 3.51. The van der Waals surface area contributed by atoms with E-state index in [0.29, 0.717) is 23.4 Å². The van der Waals surface area contributed by atoms with Crippen molar-refractivity contribution in [2.45, 2.75) is 63.7 Å². The van der Waals surface area contributed by atoms with Crippen molar-refractivity contribution in [1.82, 2.24) is 9.88 Å². The zero-order valence-corrected chi connectivity index (χ0v) is 19.6. The summed E-state index contributed by atoms with van der Waals surface area (Å²) in [6.07, 6.45) is 6.25. The maximum absolute atomic E-state index is 13.8. The van der Waals surface area contributed by atoms with Gasteiger partial charge in [0.25, 0.3) is 0 Å². The van der Waals surface area contributed by atoms with Crippen molar-refractivity contribution in [2.75, 3.05) is 6.54 Å². The zero-order valence-electron chi connectivity index (χ0n) is 17.9. The van der Waals surface area contributed by atoms with Crippen molar-refractivity contribution < 1.29 is 19.4 Å². The van der Waals surface area contributed by atoms with E-state index in [2.05, 4.69) is 4.98 Å². The predicted octanol–water partition coefficient (Wildman–Crippen LogP) is 4.09. The van der Waals surface area contributed by atoms with Crippen molar-refractivity contribution in [3.05, 3.63) is 27.9 Å². The number of nitrogens with zero attached hydrogens (tertiary/aromatic N) is 2. The van der Waals surface area contributed by atoms with Crippen LogP contribution >= 0.6 is 22.7 Å². The van der Waals surface area contributed by atoms with Crippen molar-refractivity contribution >= 4 is 34.6 Å². The molecule has 1 amide bonds. The lowest BCUT2D eigenvalue weighted by molar-refractivity contribution is -0.166. The lowest BCUT2D eigenvalue weighted by Crippen LogP contribution is -2.56. The number of likely N-dealkylation sites (tertiary alicyclic amines) is 1. The van der Waals surface area contributed by atoms with Gasteiger partial charge < -0.3 is 14.7 Å². The summed E-state index contributed by atoms with van der Waals surface area (Å²) < 4.78 is 5.59. The van der Waals surface area contributed by atoms with E-state index in [4.69, 9.17) is 4.74 Å². The van der Waals surface area contributed by atoms with Crippen LogP contribution in [-0.2, 0) is 20.9 Å². The minimum absolute atomic E-state index is 0.0866. The van der Waals surface area contributed by atoms with Gasteiger partial charge >= 0.3 is 5.97 Å². The Morgan fingerprint density at radius 3 is 2.50 bits per heavy atom. The third kappa shape index (κ3) is 3.60. The normalized spacial score (nSPS) is 35.4. The molecule has 8 heteroatoms. The molecular formula is C24H28N2O4S2.